The lowest BCUT2D eigenvalue weighted by Crippen LogP contribution is -2.41. The van der Waals surface area contributed by atoms with Gasteiger partial charge in [-0.25, -0.2) is 4.79 Å². The van der Waals surface area contributed by atoms with E-state index in [0.717, 1.165) is 43.9 Å². The largest absolute Gasteiger partial charge is 0.486 e. The van der Waals surface area contributed by atoms with Crippen LogP contribution in [0.2, 0.25) is 0 Å². The zero-order chi connectivity index (χ0) is 21.0. The SMILES string of the molecule is O=C(Nc1ccc2c(c1)OCCO2)N1CCC(Cc2nncn2-c2ccccc2)CC1. The van der Waals surface area contributed by atoms with Gasteiger partial charge in [-0.1, -0.05) is 18.2 Å². The molecule has 2 aliphatic heterocycles. The maximum absolute atomic E-state index is 12.7. The minimum absolute atomic E-state index is 0.0809. The Bertz CT molecular complexity index is 1040. The number of nitrogens with zero attached hydrogens (tertiary/aromatic N) is 4. The van der Waals surface area contributed by atoms with Crippen molar-refractivity contribution in [1.29, 1.82) is 0 Å². The Kier molecular flexibility index (Phi) is 5.43. The molecule has 1 fully saturated rings. The molecule has 0 saturated carbocycles. The molecule has 1 saturated heterocycles. The molecule has 1 aromatic heterocycles. The molecule has 0 unspecified atom stereocenters. The van der Waals surface area contributed by atoms with Crippen LogP contribution in [0, 0.1) is 5.92 Å². The molecule has 31 heavy (non-hydrogen) atoms. The highest BCUT2D eigenvalue weighted by atomic mass is 16.6. The summed E-state index contributed by atoms with van der Waals surface area (Å²) in [7, 11) is 0. The average molecular weight is 419 g/mol. The second-order valence-electron chi connectivity index (χ2n) is 7.88. The van der Waals surface area contributed by atoms with Gasteiger partial charge in [0, 0.05) is 37.0 Å². The van der Waals surface area contributed by atoms with E-state index in [1.807, 2.05) is 45.9 Å². The molecule has 5 rings (SSSR count). The molecule has 1 N–H and O–H groups in total. The highest BCUT2D eigenvalue weighted by Crippen LogP contribution is 2.33. The third-order valence-electron chi connectivity index (χ3n) is 5.82. The van der Waals surface area contributed by atoms with Crippen molar-refractivity contribution in [1.82, 2.24) is 19.7 Å². The number of hydrogen-bond donors (Lipinski definition) is 1. The Morgan fingerprint density at radius 1 is 1.03 bits per heavy atom. The smallest absolute Gasteiger partial charge is 0.321 e. The summed E-state index contributed by atoms with van der Waals surface area (Å²) in [6.07, 6.45) is 4.50. The van der Waals surface area contributed by atoms with Crippen LogP contribution in [0.3, 0.4) is 0 Å². The van der Waals surface area contributed by atoms with Crippen molar-refractivity contribution in [3.8, 4) is 17.2 Å². The predicted molar refractivity (Wildman–Crippen MR) is 116 cm³/mol. The maximum atomic E-state index is 12.7. The number of urea groups is 1. The summed E-state index contributed by atoms with van der Waals surface area (Å²) in [5, 5.41) is 11.4. The maximum Gasteiger partial charge on any atom is 0.321 e. The molecule has 3 aromatic rings. The Morgan fingerprint density at radius 3 is 2.61 bits per heavy atom. The van der Waals surface area contributed by atoms with E-state index in [-0.39, 0.29) is 6.03 Å². The van der Waals surface area contributed by atoms with Gasteiger partial charge in [0.2, 0.25) is 0 Å². The summed E-state index contributed by atoms with van der Waals surface area (Å²) in [6.45, 7) is 2.52. The molecule has 2 amide bonds. The van der Waals surface area contributed by atoms with Crippen LogP contribution in [0.4, 0.5) is 10.5 Å². The van der Waals surface area contributed by atoms with Crippen molar-refractivity contribution in [2.75, 3.05) is 31.6 Å². The number of fused-ring (bicyclic) bond motifs is 1. The summed E-state index contributed by atoms with van der Waals surface area (Å²) in [5.41, 5.74) is 1.78. The Labute approximate surface area is 180 Å². The molecule has 0 aliphatic carbocycles. The van der Waals surface area contributed by atoms with Gasteiger partial charge in [0.05, 0.1) is 0 Å². The highest BCUT2D eigenvalue weighted by Gasteiger charge is 2.25. The average Bonchev–Trinajstić information content (AvgIpc) is 3.28. The van der Waals surface area contributed by atoms with Crippen LogP contribution in [-0.4, -0.2) is 52.0 Å². The third kappa shape index (κ3) is 4.33. The van der Waals surface area contributed by atoms with Gasteiger partial charge in [0.15, 0.2) is 11.5 Å². The summed E-state index contributed by atoms with van der Waals surface area (Å²) in [4.78, 5) is 14.6. The first-order chi connectivity index (χ1) is 15.3. The van der Waals surface area contributed by atoms with Crippen molar-refractivity contribution < 1.29 is 14.3 Å². The standard InChI is InChI=1S/C23H25N5O3/c29-23(25-18-6-7-20-21(15-18)31-13-12-30-20)27-10-8-17(9-11-27)14-22-26-24-16-28(22)19-4-2-1-3-5-19/h1-7,15-17H,8-14H2,(H,25,29). The Morgan fingerprint density at radius 2 is 1.81 bits per heavy atom. The minimum atomic E-state index is -0.0809. The van der Waals surface area contributed by atoms with Gasteiger partial charge in [0.25, 0.3) is 0 Å². The van der Waals surface area contributed by atoms with Crippen LogP contribution in [0.1, 0.15) is 18.7 Å². The lowest BCUT2D eigenvalue weighted by atomic mass is 9.93. The van der Waals surface area contributed by atoms with E-state index < -0.39 is 0 Å². The number of carbonyl (C=O) groups is 1. The van der Waals surface area contributed by atoms with Crippen LogP contribution >= 0.6 is 0 Å². The van der Waals surface area contributed by atoms with E-state index in [1.165, 1.54) is 0 Å². The van der Waals surface area contributed by atoms with E-state index in [4.69, 9.17) is 9.47 Å². The van der Waals surface area contributed by atoms with E-state index in [0.29, 0.717) is 36.3 Å². The fourth-order valence-electron chi connectivity index (χ4n) is 4.12. The number of rotatable bonds is 4. The van der Waals surface area contributed by atoms with Crippen LogP contribution in [-0.2, 0) is 6.42 Å². The molecular formula is C23H25N5O3. The van der Waals surface area contributed by atoms with Crippen molar-refractivity contribution in [3.63, 3.8) is 0 Å². The van der Waals surface area contributed by atoms with Gasteiger partial charge in [-0.15, -0.1) is 10.2 Å². The van der Waals surface area contributed by atoms with Crippen LogP contribution in [0.15, 0.2) is 54.9 Å². The van der Waals surface area contributed by atoms with Crippen molar-refractivity contribution in [2.45, 2.75) is 19.3 Å². The van der Waals surface area contributed by atoms with E-state index in [9.17, 15) is 4.79 Å². The number of hydrogen-bond acceptors (Lipinski definition) is 5. The summed E-state index contributed by atoms with van der Waals surface area (Å²) in [5.74, 6) is 2.83. The van der Waals surface area contributed by atoms with E-state index in [1.54, 1.807) is 6.33 Å². The molecule has 8 nitrogen and oxygen atoms in total. The third-order valence-corrected chi connectivity index (χ3v) is 5.82. The number of anilines is 1. The van der Waals surface area contributed by atoms with Crippen LogP contribution < -0.4 is 14.8 Å². The topological polar surface area (TPSA) is 81.5 Å². The van der Waals surface area contributed by atoms with Crippen molar-refractivity contribution in [3.05, 3.63) is 60.7 Å². The second-order valence-corrected chi connectivity index (χ2v) is 7.88. The molecule has 0 bridgehead atoms. The number of carbonyl (C=O) groups excluding carboxylic acids is 1. The summed E-state index contributed by atoms with van der Waals surface area (Å²) in [6, 6.07) is 15.5. The highest BCUT2D eigenvalue weighted by molar-refractivity contribution is 5.89. The molecule has 0 radical (unpaired) electrons. The van der Waals surface area contributed by atoms with Gasteiger partial charge in [-0.2, -0.15) is 0 Å². The van der Waals surface area contributed by atoms with Crippen LogP contribution in [0.5, 0.6) is 11.5 Å². The van der Waals surface area contributed by atoms with E-state index >= 15 is 0 Å². The monoisotopic (exact) mass is 419 g/mol. The van der Waals surface area contributed by atoms with Crippen LogP contribution in [0.25, 0.3) is 5.69 Å². The first kappa shape index (κ1) is 19.4. The lowest BCUT2D eigenvalue weighted by Gasteiger charge is -2.32. The minimum Gasteiger partial charge on any atom is -0.486 e. The number of likely N-dealkylation sites (tertiary alicyclic amines) is 1. The van der Waals surface area contributed by atoms with Gasteiger partial charge in [0.1, 0.15) is 25.4 Å². The fraction of sp³-hybridized carbons (Fsp3) is 0.348. The number of nitrogens with one attached hydrogen (secondary N) is 1. The molecule has 0 atom stereocenters. The van der Waals surface area contributed by atoms with Crippen molar-refractivity contribution >= 4 is 11.7 Å². The fourth-order valence-corrected chi connectivity index (χ4v) is 4.12. The number of piperidine rings is 1. The first-order valence-corrected chi connectivity index (χ1v) is 10.7. The molecule has 3 heterocycles. The van der Waals surface area contributed by atoms with Gasteiger partial charge >= 0.3 is 6.03 Å². The number of para-hydroxylation sites is 1. The van der Waals surface area contributed by atoms with Crippen molar-refractivity contribution in [2.24, 2.45) is 5.92 Å². The molecule has 8 heteroatoms. The number of ether oxygens (including phenoxy) is 2. The summed E-state index contributed by atoms with van der Waals surface area (Å²) >= 11 is 0. The molecular weight excluding hydrogens is 394 g/mol. The van der Waals surface area contributed by atoms with Gasteiger partial charge in [-0.05, 0) is 43.0 Å². The Hall–Kier alpha value is -3.55. The molecule has 0 spiro atoms. The van der Waals surface area contributed by atoms with E-state index in [2.05, 4.69) is 27.6 Å². The first-order valence-electron chi connectivity index (χ1n) is 10.7. The normalized spacial score (nSPS) is 16.2. The number of amides is 2. The quantitative estimate of drug-likeness (QED) is 0.700. The van der Waals surface area contributed by atoms with Gasteiger partial charge < -0.3 is 19.7 Å². The zero-order valence-electron chi connectivity index (χ0n) is 17.2. The predicted octanol–water partition coefficient (Wildman–Crippen LogP) is 3.53. The number of aromatic nitrogens is 3. The molecule has 2 aliphatic rings. The second kappa shape index (κ2) is 8.67. The Balaban J connectivity index is 1.16. The molecule has 160 valence electrons. The zero-order valence-corrected chi connectivity index (χ0v) is 17.2. The summed E-state index contributed by atoms with van der Waals surface area (Å²) < 4.78 is 13.2. The van der Waals surface area contributed by atoms with Gasteiger partial charge in [-0.3, -0.25) is 4.57 Å². The lowest BCUT2D eigenvalue weighted by molar-refractivity contribution is 0.171. The number of benzene rings is 2. The molecule has 2 aromatic carbocycles.